The van der Waals surface area contributed by atoms with E-state index in [1.165, 1.54) is 31.4 Å². The van der Waals surface area contributed by atoms with Gasteiger partial charge in [-0.05, 0) is 62.6 Å². The minimum Gasteiger partial charge on any atom is -0.496 e. The molecule has 7 heteroatoms. The molecule has 0 N–H and O–H groups in total. The van der Waals surface area contributed by atoms with E-state index in [0.717, 1.165) is 25.8 Å². The molecule has 0 saturated carbocycles. The van der Waals surface area contributed by atoms with E-state index in [1.807, 2.05) is 16.5 Å². The number of piperidine rings is 3. The van der Waals surface area contributed by atoms with Gasteiger partial charge in [-0.25, -0.2) is 0 Å². The van der Waals surface area contributed by atoms with E-state index in [2.05, 4.69) is 11.0 Å². The van der Waals surface area contributed by atoms with Crippen LogP contribution in [-0.2, 0) is 7.05 Å². The number of fused-ring (bicyclic) bond motifs is 7. The first-order valence-corrected chi connectivity index (χ1v) is 13.0. The molecule has 3 fully saturated rings. The van der Waals surface area contributed by atoms with Crippen LogP contribution in [0.25, 0.3) is 10.9 Å². The third-order valence-corrected chi connectivity index (χ3v) is 8.84. The van der Waals surface area contributed by atoms with Crippen LogP contribution in [0, 0.1) is 11.8 Å². The minimum absolute atomic E-state index is 0.1000. The van der Waals surface area contributed by atoms with Crippen molar-refractivity contribution < 1.29 is 14.3 Å². The third-order valence-electron chi connectivity index (χ3n) is 8.84. The molecule has 4 atom stereocenters. The highest BCUT2D eigenvalue weighted by atomic mass is 16.5. The van der Waals surface area contributed by atoms with Crippen molar-refractivity contribution in [1.82, 2.24) is 14.4 Å². The van der Waals surface area contributed by atoms with Crippen LogP contribution in [0.1, 0.15) is 48.9 Å². The summed E-state index contributed by atoms with van der Waals surface area (Å²) in [6, 6.07) is 4.30. The van der Waals surface area contributed by atoms with E-state index in [-0.39, 0.29) is 22.9 Å². The zero-order valence-corrected chi connectivity index (χ0v) is 21.0. The van der Waals surface area contributed by atoms with Crippen molar-refractivity contribution in [3.8, 4) is 11.5 Å². The molecule has 6 rings (SSSR count). The number of ether oxygens (including phenoxy) is 2. The zero-order chi connectivity index (χ0) is 24.3. The maximum absolute atomic E-state index is 14.1. The number of nitrogens with zero attached hydrogens (tertiary/aromatic N) is 3. The van der Waals surface area contributed by atoms with Crippen molar-refractivity contribution in [2.75, 3.05) is 33.9 Å². The second-order valence-electron chi connectivity index (χ2n) is 10.7. The normalized spacial score (nSPS) is 28.2. The first kappa shape index (κ1) is 22.7. The Bertz CT molecular complexity index is 1270. The first-order valence-electron chi connectivity index (χ1n) is 13.0. The van der Waals surface area contributed by atoms with Gasteiger partial charge in [-0.1, -0.05) is 18.1 Å². The van der Waals surface area contributed by atoms with Gasteiger partial charge in [-0.15, -0.1) is 0 Å². The summed E-state index contributed by atoms with van der Waals surface area (Å²) in [6.07, 6.45) is 11.3. The van der Waals surface area contributed by atoms with E-state index in [4.69, 9.17) is 9.47 Å². The Hall–Kier alpha value is -2.80. The Balaban J connectivity index is 1.42. The second kappa shape index (κ2) is 8.70. The van der Waals surface area contributed by atoms with Crippen LogP contribution in [0.4, 0.5) is 0 Å². The monoisotopic (exact) mass is 477 g/mol. The maximum atomic E-state index is 14.1. The number of carbonyl (C=O) groups is 1. The fourth-order valence-electron chi connectivity index (χ4n) is 7.42. The number of likely N-dealkylation sites (tertiary alicyclic amines) is 1. The zero-order valence-electron chi connectivity index (χ0n) is 21.0. The predicted molar refractivity (Wildman–Crippen MR) is 135 cm³/mol. The molecule has 0 spiro atoms. The summed E-state index contributed by atoms with van der Waals surface area (Å²) in [7, 11) is 4.98. The predicted octanol–water partition coefficient (Wildman–Crippen LogP) is 3.59. The highest BCUT2D eigenvalue weighted by molar-refractivity contribution is 6.00. The molecule has 4 heterocycles. The van der Waals surface area contributed by atoms with Gasteiger partial charge in [0.15, 0.2) is 0 Å². The van der Waals surface area contributed by atoms with Crippen LogP contribution in [0.5, 0.6) is 11.5 Å². The summed E-state index contributed by atoms with van der Waals surface area (Å²) >= 11 is 0. The van der Waals surface area contributed by atoms with Gasteiger partial charge in [0.05, 0.1) is 31.2 Å². The van der Waals surface area contributed by atoms with Crippen LogP contribution >= 0.6 is 0 Å². The van der Waals surface area contributed by atoms with Crippen LogP contribution in [0.15, 0.2) is 34.8 Å². The summed E-state index contributed by atoms with van der Waals surface area (Å²) in [5.74, 6) is 1.93. The fraction of sp³-hybridized carbons (Fsp3) is 0.571. The number of rotatable bonds is 3. The quantitative estimate of drug-likeness (QED) is 0.633. The molecule has 1 aliphatic carbocycles. The van der Waals surface area contributed by atoms with Crippen LogP contribution in [0.2, 0.25) is 0 Å². The highest BCUT2D eigenvalue weighted by Gasteiger charge is 2.47. The number of hydrogen-bond acceptors (Lipinski definition) is 5. The minimum atomic E-state index is -0.289. The molecular formula is C28H35N3O4. The largest absolute Gasteiger partial charge is 0.496 e. The van der Waals surface area contributed by atoms with E-state index in [1.54, 1.807) is 32.5 Å². The summed E-state index contributed by atoms with van der Waals surface area (Å²) in [6.45, 7) is 2.93. The van der Waals surface area contributed by atoms with Crippen molar-refractivity contribution >= 4 is 16.8 Å². The van der Waals surface area contributed by atoms with Crippen LogP contribution < -0.4 is 14.9 Å². The number of benzene rings is 1. The Morgan fingerprint density at radius 2 is 1.86 bits per heavy atom. The molecule has 1 aromatic carbocycles. The van der Waals surface area contributed by atoms with Gasteiger partial charge < -0.3 is 18.9 Å². The molecule has 186 valence electrons. The van der Waals surface area contributed by atoms with Crippen molar-refractivity contribution in [1.29, 1.82) is 0 Å². The molecule has 2 bridgehead atoms. The first-order chi connectivity index (χ1) is 17.0. The standard InChI is InChI=1S/C28H35N3O4/c1-29-16-20(27(32)24-22(34-2)9-10-23(35-3)26(24)29)28(33)31-12-6-7-17-13-18-14-19(25(17)31)15-30-11-5-4-8-21(18)30/h9-10,13,16,18-19,21,25H,4-8,11-12,14-15H2,1-3H3/t18-,19+,21-,25-/m1/s1. The molecule has 0 unspecified atom stereocenters. The van der Waals surface area contributed by atoms with Crippen molar-refractivity contribution in [3.63, 3.8) is 0 Å². The van der Waals surface area contributed by atoms with Crippen LogP contribution in [0.3, 0.4) is 0 Å². The van der Waals surface area contributed by atoms with Crippen molar-refractivity contribution in [2.24, 2.45) is 18.9 Å². The molecular weight excluding hydrogens is 442 g/mol. The number of aromatic nitrogens is 1. The topological polar surface area (TPSA) is 64.0 Å². The number of methoxy groups -OCH3 is 2. The molecule has 35 heavy (non-hydrogen) atoms. The van der Waals surface area contributed by atoms with E-state index in [0.29, 0.717) is 46.8 Å². The second-order valence-corrected chi connectivity index (χ2v) is 10.7. The van der Waals surface area contributed by atoms with Gasteiger partial charge in [0, 0.05) is 32.4 Å². The summed E-state index contributed by atoms with van der Waals surface area (Å²) in [4.78, 5) is 32.5. The highest BCUT2D eigenvalue weighted by Crippen LogP contribution is 2.45. The Kier molecular flexibility index (Phi) is 5.63. The number of carbonyl (C=O) groups excluding carboxylic acids is 1. The number of aryl methyl sites for hydroxylation is 1. The average molecular weight is 478 g/mol. The maximum Gasteiger partial charge on any atom is 0.259 e. The van der Waals surface area contributed by atoms with Gasteiger partial charge in [0.2, 0.25) is 5.43 Å². The molecule has 3 aliphatic heterocycles. The van der Waals surface area contributed by atoms with E-state index < -0.39 is 0 Å². The smallest absolute Gasteiger partial charge is 0.259 e. The summed E-state index contributed by atoms with van der Waals surface area (Å²) < 4.78 is 12.9. The van der Waals surface area contributed by atoms with Gasteiger partial charge in [-0.2, -0.15) is 0 Å². The van der Waals surface area contributed by atoms with E-state index in [9.17, 15) is 9.59 Å². The average Bonchev–Trinajstić information content (AvgIpc) is 2.89. The van der Waals surface area contributed by atoms with Crippen molar-refractivity contribution in [3.05, 3.63) is 45.8 Å². The Morgan fingerprint density at radius 3 is 2.66 bits per heavy atom. The molecule has 0 radical (unpaired) electrons. The van der Waals surface area contributed by atoms with E-state index >= 15 is 0 Å². The molecule has 7 nitrogen and oxygen atoms in total. The molecule has 2 aromatic rings. The Morgan fingerprint density at radius 1 is 1.06 bits per heavy atom. The van der Waals surface area contributed by atoms with Crippen LogP contribution in [-0.4, -0.2) is 66.2 Å². The van der Waals surface area contributed by atoms with Crippen molar-refractivity contribution in [2.45, 2.75) is 50.6 Å². The molecule has 3 saturated heterocycles. The lowest BCUT2D eigenvalue weighted by Crippen LogP contribution is -2.60. The van der Waals surface area contributed by atoms with Gasteiger partial charge in [0.25, 0.3) is 5.91 Å². The fourth-order valence-corrected chi connectivity index (χ4v) is 7.42. The lowest BCUT2D eigenvalue weighted by molar-refractivity contribution is 0.00142. The number of amides is 1. The lowest BCUT2D eigenvalue weighted by Gasteiger charge is -2.54. The number of pyridine rings is 1. The summed E-state index contributed by atoms with van der Waals surface area (Å²) in [5.41, 5.74) is 1.98. The molecule has 4 aliphatic rings. The molecule has 1 aromatic heterocycles. The summed E-state index contributed by atoms with van der Waals surface area (Å²) in [5, 5.41) is 0.394. The van der Waals surface area contributed by atoms with Gasteiger partial charge in [0.1, 0.15) is 17.1 Å². The Labute approximate surface area is 206 Å². The van der Waals surface area contributed by atoms with Gasteiger partial charge >= 0.3 is 0 Å². The van der Waals surface area contributed by atoms with Gasteiger partial charge in [-0.3, -0.25) is 14.5 Å². The number of hydrogen-bond donors (Lipinski definition) is 0. The third kappa shape index (κ3) is 3.50. The molecule has 1 amide bonds. The lowest BCUT2D eigenvalue weighted by atomic mass is 9.68. The SMILES string of the molecule is COc1ccc(OC)c2c1c(=O)c(C(=O)N1CCCC3=C[C@@H]4C[C@@H](CN5CCCC[C@H]45)[C@@H]31)cn2C.